The Hall–Kier alpha value is -0.890. The van der Waals surface area contributed by atoms with Crippen molar-refractivity contribution in [3.63, 3.8) is 0 Å². The van der Waals surface area contributed by atoms with Gasteiger partial charge in [-0.1, -0.05) is 0 Å². The first-order valence-corrected chi connectivity index (χ1v) is 6.18. The molecule has 0 amide bonds. The molecule has 0 aliphatic carbocycles. The van der Waals surface area contributed by atoms with Crippen molar-refractivity contribution < 1.29 is 4.74 Å². The number of nitriles is 1. The van der Waals surface area contributed by atoms with Gasteiger partial charge in [0.2, 0.25) is 0 Å². The lowest BCUT2D eigenvalue weighted by Gasteiger charge is -2.44. The smallest absolute Gasteiger partial charge is 0.124 e. The number of aryl methyl sites for hydroxylation is 1. The van der Waals surface area contributed by atoms with E-state index in [2.05, 4.69) is 29.3 Å². The maximum absolute atomic E-state index is 9.39. The van der Waals surface area contributed by atoms with Gasteiger partial charge in [0.05, 0.1) is 25.3 Å². The minimum Gasteiger partial charge on any atom is -0.378 e. The van der Waals surface area contributed by atoms with Crippen molar-refractivity contribution >= 4 is 11.3 Å². The van der Waals surface area contributed by atoms with E-state index in [-0.39, 0.29) is 11.5 Å². The van der Waals surface area contributed by atoms with E-state index in [0.717, 1.165) is 0 Å². The molecule has 0 aromatic carbocycles. The number of hydrogen-bond donors (Lipinski definition) is 0. The molecule has 1 aromatic rings. The van der Waals surface area contributed by atoms with Crippen molar-refractivity contribution in [2.24, 2.45) is 5.41 Å². The van der Waals surface area contributed by atoms with Gasteiger partial charge in [0.15, 0.2) is 0 Å². The lowest BCUT2D eigenvalue weighted by Crippen LogP contribution is -2.50. The molecule has 1 aliphatic heterocycles. The molecule has 1 fully saturated rings. The summed E-state index contributed by atoms with van der Waals surface area (Å²) in [4.78, 5) is 3.42. The summed E-state index contributed by atoms with van der Waals surface area (Å²) in [6.45, 7) is 3.19. The Morgan fingerprint density at radius 3 is 2.56 bits per heavy atom. The lowest BCUT2D eigenvalue weighted by molar-refractivity contribution is -0.115. The quantitative estimate of drug-likeness (QED) is 0.807. The van der Waals surface area contributed by atoms with E-state index in [1.807, 2.05) is 14.1 Å². The fourth-order valence-corrected chi connectivity index (χ4v) is 3.49. The molecule has 0 bridgehead atoms. The van der Waals surface area contributed by atoms with Crippen molar-refractivity contribution in [2.45, 2.75) is 13.0 Å². The zero-order valence-corrected chi connectivity index (χ0v) is 10.7. The second-order valence-electron chi connectivity index (χ2n) is 4.59. The molecular formula is C12H16N2OS. The van der Waals surface area contributed by atoms with Crippen molar-refractivity contribution in [2.75, 3.05) is 27.3 Å². The first-order valence-electron chi connectivity index (χ1n) is 5.30. The number of rotatable bonds is 3. The molecule has 0 N–H and O–H groups in total. The fraction of sp³-hybridized carbons (Fsp3) is 0.583. The summed E-state index contributed by atoms with van der Waals surface area (Å²) in [5.74, 6) is 0. The highest BCUT2D eigenvalue weighted by molar-refractivity contribution is 7.10. The largest absolute Gasteiger partial charge is 0.378 e. The number of thiophene rings is 1. The lowest BCUT2D eigenvalue weighted by atomic mass is 9.77. The molecule has 2 heterocycles. The van der Waals surface area contributed by atoms with Crippen molar-refractivity contribution in [1.82, 2.24) is 4.90 Å². The third kappa shape index (κ3) is 1.65. The summed E-state index contributed by atoms with van der Waals surface area (Å²) in [5, 5.41) is 11.5. The first kappa shape index (κ1) is 11.6. The van der Waals surface area contributed by atoms with Crippen LogP contribution in [0.25, 0.3) is 0 Å². The predicted molar refractivity (Wildman–Crippen MR) is 64.3 cm³/mol. The normalized spacial score (nSPS) is 20.2. The minimum atomic E-state index is -0.362. The highest BCUT2D eigenvalue weighted by Crippen LogP contribution is 2.45. The van der Waals surface area contributed by atoms with Gasteiger partial charge in [0.1, 0.15) is 5.41 Å². The van der Waals surface area contributed by atoms with Gasteiger partial charge >= 0.3 is 0 Å². The molecule has 0 saturated carbocycles. The maximum atomic E-state index is 9.39. The second kappa shape index (κ2) is 4.17. The number of ether oxygens (including phenoxy) is 1. The Morgan fingerprint density at radius 2 is 2.25 bits per heavy atom. The third-order valence-corrected chi connectivity index (χ3v) is 4.20. The van der Waals surface area contributed by atoms with E-state index in [9.17, 15) is 5.26 Å². The molecule has 3 nitrogen and oxygen atoms in total. The summed E-state index contributed by atoms with van der Waals surface area (Å²) in [6.07, 6.45) is 0. The summed E-state index contributed by atoms with van der Waals surface area (Å²) >= 11 is 1.73. The molecule has 86 valence electrons. The van der Waals surface area contributed by atoms with Gasteiger partial charge < -0.3 is 9.64 Å². The molecule has 0 radical (unpaired) electrons. The Labute approximate surface area is 100 Å². The van der Waals surface area contributed by atoms with Gasteiger partial charge in [-0.25, -0.2) is 0 Å². The molecule has 1 aliphatic rings. The molecule has 1 unspecified atom stereocenters. The van der Waals surface area contributed by atoms with E-state index in [1.165, 1.54) is 10.4 Å². The van der Waals surface area contributed by atoms with E-state index < -0.39 is 0 Å². The number of hydrogen-bond acceptors (Lipinski definition) is 4. The van der Waals surface area contributed by atoms with Crippen LogP contribution in [0.15, 0.2) is 11.4 Å². The van der Waals surface area contributed by atoms with Gasteiger partial charge in [0, 0.05) is 4.88 Å². The van der Waals surface area contributed by atoms with Gasteiger partial charge in [-0.3, -0.25) is 0 Å². The molecule has 2 rings (SSSR count). The van der Waals surface area contributed by atoms with Crippen LogP contribution < -0.4 is 0 Å². The van der Waals surface area contributed by atoms with Crippen molar-refractivity contribution in [1.29, 1.82) is 5.26 Å². The second-order valence-corrected chi connectivity index (χ2v) is 5.54. The van der Waals surface area contributed by atoms with Crippen LogP contribution in [0, 0.1) is 23.7 Å². The van der Waals surface area contributed by atoms with Gasteiger partial charge in [0.25, 0.3) is 0 Å². The van der Waals surface area contributed by atoms with Gasteiger partial charge in [-0.05, 0) is 38.0 Å². The van der Waals surface area contributed by atoms with E-state index in [4.69, 9.17) is 4.74 Å². The molecule has 1 aromatic heterocycles. The number of nitrogens with zero attached hydrogens (tertiary/aromatic N) is 2. The van der Waals surface area contributed by atoms with Crippen LogP contribution in [0.2, 0.25) is 0 Å². The van der Waals surface area contributed by atoms with Gasteiger partial charge in [-0.15, -0.1) is 11.3 Å². The van der Waals surface area contributed by atoms with E-state index >= 15 is 0 Å². The zero-order valence-electron chi connectivity index (χ0n) is 9.86. The zero-order chi connectivity index (χ0) is 11.8. The molecule has 1 saturated heterocycles. The van der Waals surface area contributed by atoms with Crippen molar-refractivity contribution in [3.8, 4) is 6.07 Å². The molecule has 1 atom stereocenters. The average Bonchev–Trinajstić information content (AvgIpc) is 2.57. The van der Waals surface area contributed by atoms with Crippen LogP contribution in [0.1, 0.15) is 16.5 Å². The summed E-state index contributed by atoms with van der Waals surface area (Å²) in [5.41, 5.74) is 0.907. The molecule has 0 spiro atoms. The standard InChI is InChI=1S/C12H16N2OS/c1-9-4-5-16-10(9)11(14(2)3)12(6-13)7-15-8-12/h4-5,11H,7-8H2,1-3H3. The Morgan fingerprint density at radius 1 is 1.56 bits per heavy atom. The molecular weight excluding hydrogens is 220 g/mol. The first-order chi connectivity index (χ1) is 7.60. The highest BCUT2D eigenvalue weighted by Gasteiger charge is 2.49. The van der Waals surface area contributed by atoms with Crippen molar-refractivity contribution in [3.05, 3.63) is 21.9 Å². The topological polar surface area (TPSA) is 36.3 Å². The summed E-state index contributed by atoms with van der Waals surface area (Å²) in [7, 11) is 4.06. The molecule has 4 heteroatoms. The Balaban J connectivity index is 2.39. The average molecular weight is 236 g/mol. The van der Waals surface area contributed by atoms with Crippen LogP contribution >= 0.6 is 11.3 Å². The van der Waals surface area contributed by atoms with E-state index in [1.54, 1.807) is 11.3 Å². The van der Waals surface area contributed by atoms with Crippen LogP contribution in [0.3, 0.4) is 0 Å². The van der Waals surface area contributed by atoms with E-state index in [0.29, 0.717) is 13.2 Å². The SMILES string of the molecule is Cc1ccsc1C(N(C)C)C1(C#N)COC1. The van der Waals surface area contributed by atoms with Crippen LogP contribution in [-0.2, 0) is 4.74 Å². The Kier molecular flexibility index (Phi) is 3.02. The minimum absolute atomic E-state index is 0.145. The fourth-order valence-electron chi connectivity index (χ4n) is 2.25. The van der Waals surface area contributed by atoms with Gasteiger partial charge in [-0.2, -0.15) is 5.26 Å². The maximum Gasteiger partial charge on any atom is 0.124 e. The highest BCUT2D eigenvalue weighted by atomic mass is 32.1. The van der Waals surface area contributed by atoms with Crippen LogP contribution in [0.4, 0.5) is 0 Å². The Bertz CT molecular complexity index is 415. The van der Waals surface area contributed by atoms with Crippen LogP contribution in [0.5, 0.6) is 0 Å². The van der Waals surface area contributed by atoms with Crippen LogP contribution in [-0.4, -0.2) is 32.2 Å². The summed E-state index contributed by atoms with van der Waals surface area (Å²) < 4.78 is 5.25. The monoisotopic (exact) mass is 236 g/mol. The third-order valence-electron chi connectivity index (χ3n) is 3.13. The molecule has 16 heavy (non-hydrogen) atoms. The summed E-state index contributed by atoms with van der Waals surface area (Å²) in [6, 6.07) is 4.71. The predicted octanol–water partition coefficient (Wildman–Crippen LogP) is 2.20.